The van der Waals surface area contributed by atoms with Crippen molar-refractivity contribution in [3.8, 4) is 11.4 Å². The van der Waals surface area contributed by atoms with Crippen LogP contribution < -0.4 is 0 Å². The molecule has 0 spiro atoms. The lowest BCUT2D eigenvalue weighted by atomic mass is 10.0. The van der Waals surface area contributed by atoms with Crippen molar-refractivity contribution >= 4 is 5.91 Å². The largest absolute Gasteiger partial charge is 0.337 e. The van der Waals surface area contributed by atoms with E-state index in [9.17, 15) is 4.79 Å². The molecule has 1 aliphatic rings. The fraction of sp³-hybridized carbons (Fsp3) is 0.278. The highest BCUT2D eigenvalue weighted by Gasteiger charge is 2.32. The van der Waals surface area contributed by atoms with Gasteiger partial charge in [0.1, 0.15) is 6.04 Å². The Labute approximate surface area is 144 Å². The number of likely N-dealkylation sites (tertiary alicyclic amines) is 1. The van der Waals surface area contributed by atoms with Gasteiger partial charge in [-0.15, -0.1) is 0 Å². The van der Waals surface area contributed by atoms with Gasteiger partial charge in [-0.25, -0.2) is 0 Å². The Balaban J connectivity index is 1.62. The van der Waals surface area contributed by atoms with Crippen LogP contribution in [0.2, 0.25) is 0 Å². The molecule has 0 radical (unpaired) electrons. The Kier molecular flexibility index (Phi) is 4.20. The lowest BCUT2D eigenvalue weighted by molar-refractivity contribution is 0.0561. The summed E-state index contributed by atoms with van der Waals surface area (Å²) in [5.41, 5.74) is 1.46. The molecule has 1 amide bonds. The van der Waals surface area contributed by atoms with Crippen LogP contribution in [0.15, 0.2) is 53.6 Å². The van der Waals surface area contributed by atoms with Gasteiger partial charge in [0.2, 0.25) is 11.7 Å². The van der Waals surface area contributed by atoms with E-state index in [1.54, 1.807) is 36.9 Å². The molecule has 1 atom stereocenters. The average molecular weight is 335 g/mol. The minimum absolute atomic E-state index is 0.0317. The van der Waals surface area contributed by atoms with Crippen LogP contribution in [0.3, 0.4) is 0 Å². The molecule has 0 saturated carbocycles. The standard InChI is InChI=1S/C18H17N5O2/c24-18(14-6-10-20-11-7-14)23-12-2-1-3-15(23)17-21-16(22-25-17)13-4-8-19-9-5-13/h4-11,15H,1-3,12H2. The number of piperidine rings is 1. The van der Waals surface area contributed by atoms with Gasteiger partial charge >= 0.3 is 0 Å². The van der Waals surface area contributed by atoms with Gasteiger partial charge in [0.25, 0.3) is 5.91 Å². The average Bonchev–Trinajstić information content (AvgIpc) is 3.19. The Bertz CT molecular complexity index is 850. The zero-order valence-corrected chi connectivity index (χ0v) is 13.6. The summed E-state index contributed by atoms with van der Waals surface area (Å²) in [6, 6.07) is 6.91. The third-order valence-corrected chi connectivity index (χ3v) is 4.36. The molecule has 1 unspecified atom stereocenters. The Morgan fingerprint density at radius 1 is 1.04 bits per heavy atom. The van der Waals surface area contributed by atoms with Gasteiger partial charge < -0.3 is 9.42 Å². The predicted octanol–water partition coefficient (Wildman–Crippen LogP) is 2.89. The smallest absolute Gasteiger partial charge is 0.254 e. The van der Waals surface area contributed by atoms with Crippen LogP contribution in [0.4, 0.5) is 0 Å². The number of pyridine rings is 2. The summed E-state index contributed by atoms with van der Waals surface area (Å²) in [6.45, 7) is 0.679. The third kappa shape index (κ3) is 3.13. The highest BCUT2D eigenvalue weighted by molar-refractivity contribution is 5.94. The van der Waals surface area contributed by atoms with Gasteiger partial charge in [-0.05, 0) is 43.5 Å². The second-order valence-corrected chi connectivity index (χ2v) is 5.94. The molecule has 1 aliphatic heterocycles. The monoisotopic (exact) mass is 335 g/mol. The van der Waals surface area contributed by atoms with Crippen LogP contribution >= 0.6 is 0 Å². The third-order valence-electron chi connectivity index (χ3n) is 4.36. The number of amides is 1. The quantitative estimate of drug-likeness (QED) is 0.731. The van der Waals surface area contributed by atoms with Gasteiger partial charge in [0.15, 0.2) is 0 Å². The molecule has 3 aromatic rings. The molecule has 126 valence electrons. The summed E-state index contributed by atoms with van der Waals surface area (Å²) in [5.74, 6) is 0.962. The zero-order chi connectivity index (χ0) is 17.1. The van der Waals surface area contributed by atoms with Gasteiger partial charge in [-0.1, -0.05) is 5.16 Å². The summed E-state index contributed by atoms with van der Waals surface area (Å²) in [4.78, 5) is 27.2. The normalized spacial score (nSPS) is 17.4. The van der Waals surface area contributed by atoms with Gasteiger partial charge in [-0.2, -0.15) is 4.98 Å². The fourth-order valence-corrected chi connectivity index (χ4v) is 3.08. The molecule has 4 rings (SSSR count). The lowest BCUT2D eigenvalue weighted by Gasteiger charge is -2.33. The van der Waals surface area contributed by atoms with Crippen LogP contribution in [0.5, 0.6) is 0 Å². The van der Waals surface area contributed by atoms with Crippen molar-refractivity contribution in [1.29, 1.82) is 0 Å². The molecule has 1 fully saturated rings. The van der Waals surface area contributed by atoms with Gasteiger partial charge in [-0.3, -0.25) is 14.8 Å². The van der Waals surface area contributed by atoms with Crippen molar-refractivity contribution in [2.45, 2.75) is 25.3 Å². The van der Waals surface area contributed by atoms with Gasteiger partial charge in [0.05, 0.1) is 0 Å². The van der Waals surface area contributed by atoms with E-state index in [1.807, 2.05) is 17.0 Å². The van der Waals surface area contributed by atoms with E-state index >= 15 is 0 Å². The van der Waals surface area contributed by atoms with Crippen molar-refractivity contribution in [2.24, 2.45) is 0 Å². The molecule has 7 heteroatoms. The minimum atomic E-state index is -0.197. The molecule has 4 heterocycles. The van der Waals surface area contributed by atoms with Crippen molar-refractivity contribution in [3.63, 3.8) is 0 Å². The van der Waals surface area contributed by atoms with E-state index in [2.05, 4.69) is 20.1 Å². The van der Waals surface area contributed by atoms with Crippen LogP contribution in [-0.4, -0.2) is 37.5 Å². The van der Waals surface area contributed by atoms with E-state index in [0.717, 1.165) is 24.8 Å². The first-order valence-electron chi connectivity index (χ1n) is 8.28. The van der Waals surface area contributed by atoms with E-state index < -0.39 is 0 Å². The summed E-state index contributed by atoms with van der Waals surface area (Å²) >= 11 is 0. The van der Waals surface area contributed by atoms with Gasteiger partial charge in [0, 0.05) is 42.5 Å². The molecule has 3 aromatic heterocycles. The van der Waals surface area contributed by atoms with Crippen molar-refractivity contribution in [3.05, 3.63) is 60.5 Å². The highest BCUT2D eigenvalue weighted by atomic mass is 16.5. The zero-order valence-electron chi connectivity index (χ0n) is 13.6. The maximum absolute atomic E-state index is 12.9. The first-order valence-corrected chi connectivity index (χ1v) is 8.28. The number of hydrogen-bond acceptors (Lipinski definition) is 6. The number of rotatable bonds is 3. The van der Waals surface area contributed by atoms with Crippen LogP contribution in [-0.2, 0) is 0 Å². The Morgan fingerprint density at radius 2 is 1.76 bits per heavy atom. The highest BCUT2D eigenvalue weighted by Crippen LogP contribution is 2.32. The van der Waals surface area contributed by atoms with E-state index in [0.29, 0.717) is 23.8 Å². The number of carbonyl (C=O) groups is 1. The second-order valence-electron chi connectivity index (χ2n) is 5.94. The van der Waals surface area contributed by atoms with E-state index in [-0.39, 0.29) is 11.9 Å². The topological polar surface area (TPSA) is 85.0 Å². The maximum atomic E-state index is 12.9. The maximum Gasteiger partial charge on any atom is 0.254 e. The van der Waals surface area contributed by atoms with Crippen molar-refractivity contribution < 1.29 is 9.32 Å². The molecule has 7 nitrogen and oxygen atoms in total. The van der Waals surface area contributed by atoms with Crippen molar-refractivity contribution in [2.75, 3.05) is 6.54 Å². The van der Waals surface area contributed by atoms with E-state index in [4.69, 9.17) is 4.52 Å². The number of aromatic nitrogens is 4. The fourth-order valence-electron chi connectivity index (χ4n) is 3.08. The molecular formula is C18H17N5O2. The van der Waals surface area contributed by atoms with Crippen LogP contribution in [0.25, 0.3) is 11.4 Å². The summed E-state index contributed by atoms with van der Waals surface area (Å²) < 4.78 is 5.49. The molecule has 1 saturated heterocycles. The predicted molar refractivity (Wildman–Crippen MR) is 89.4 cm³/mol. The summed E-state index contributed by atoms with van der Waals surface area (Å²) in [6.07, 6.45) is 9.43. The number of nitrogens with zero attached hydrogens (tertiary/aromatic N) is 5. The van der Waals surface area contributed by atoms with E-state index in [1.165, 1.54) is 0 Å². The molecule has 0 aliphatic carbocycles. The van der Waals surface area contributed by atoms with Crippen LogP contribution in [0.1, 0.15) is 41.6 Å². The minimum Gasteiger partial charge on any atom is -0.337 e. The van der Waals surface area contributed by atoms with Crippen molar-refractivity contribution in [1.82, 2.24) is 25.0 Å². The molecule has 0 bridgehead atoms. The lowest BCUT2D eigenvalue weighted by Crippen LogP contribution is -2.38. The molecule has 0 N–H and O–H groups in total. The number of carbonyl (C=O) groups excluding carboxylic acids is 1. The first kappa shape index (κ1) is 15.4. The second kappa shape index (κ2) is 6.80. The summed E-state index contributed by atoms with van der Waals surface area (Å²) in [5, 5.41) is 4.07. The SMILES string of the molecule is O=C(c1ccncc1)N1CCCCC1c1nc(-c2ccncc2)no1. The van der Waals surface area contributed by atoms with Crippen LogP contribution in [0, 0.1) is 0 Å². The number of hydrogen-bond donors (Lipinski definition) is 0. The molecule has 0 aromatic carbocycles. The summed E-state index contributed by atoms with van der Waals surface area (Å²) in [7, 11) is 0. The first-order chi connectivity index (χ1) is 12.3. The molecule has 25 heavy (non-hydrogen) atoms. The Morgan fingerprint density at radius 3 is 2.52 bits per heavy atom. The molecular weight excluding hydrogens is 318 g/mol. The Hall–Kier alpha value is -3.09.